The summed E-state index contributed by atoms with van der Waals surface area (Å²) >= 11 is 3.84. The van der Waals surface area contributed by atoms with Crippen LogP contribution in [-0.2, 0) is 14.8 Å². The largest absolute Gasteiger partial charge is 0.426 e. The van der Waals surface area contributed by atoms with Gasteiger partial charge in [0.15, 0.2) is 0 Å². The van der Waals surface area contributed by atoms with E-state index in [1.807, 2.05) is 47.8 Å². The van der Waals surface area contributed by atoms with Crippen LogP contribution in [0.2, 0.25) is 0 Å². The Morgan fingerprint density at radius 1 is 0.967 bits per heavy atom. The van der Waals surface area contributed by atoms with Crippen molar-refractivity contribution in [1.82, 2.24) is 4.31 Å². The van der Waals surface area contributed by atoms with Crippen LogP contribution >= 0.6 is 23.5 Å². The van der Waals surface area contributed by atoms with Gasteiger partial charge in [-0.05, 0) is 54.8 Å². The average molecular weight is 468 g/mol. The molecule has 2 aromatic rings. The summed E-state index contributed by atoms with van der Waals surface area (Å²) in [5.41, 5.74) is 1.22. The number of hydrogen-bond donors (Lipinski definition) is 0. The molecule has 0 radical (unpaired) electrons. The van der Waals surface area contributed by atoms with E-state index in [1.54, 1.807) is 0 Å². The van der Waals surface area contributed by atoms with Crippen molar-refractivity contribution < 1.29 is 22.3 Å². The van der Waals surface area contributed by atoms with E-state index in [2.05, 4.69) is 0 Å². The smallest absolute Gasteiger partial charge is 0.314 e. The maximum absolute atomic E-state index is 13.1. The van der Waals surface area contributed by atoms with Gasteiger partial charge in [-0.25, -0.2) is 12.8 Å². The lowest BCUT2D eigenvalue weighted by molar-refractivity contribution is -0.140. The lowest BCUT2D eigenvalue weighted by Crippen LogP contribution is -2.41. The highest BCUT2D eigenvalue weighted by Gasteiger charge is 2.33. The maximum Gasteiger partial charge on any atom is 0.314 e. The van der Waals surface area contributed by atoms with E-state index in [4.69, 9.17) is 4.74 Å². The number of nitrogens with zero attached hydrogens (tertiary/aromatic N) is 1. The molecular formula is C21H22FNO4S3. The van der Waals surface area contributed by atoms with Crippen molar-refractivity contribution in [3.63, 3.8) is 0 Å². The number of sulfonamides is 1. The Morgan fingerprint density at radius 3 is 2.17 bits per heavy atom. The van der Waals surface area contributed by atoms with E-state index < -0.39 is 15.8 Å². The minimum absolute atomic E-state index is 0.0589. The average Bonchev–Trinajstić information content (AvgIpc) is 3.30. The molecule has 0 spiro atoms. The van der Waals surface area contributed by atoms with Crippen LogP contribution in [0.4, 0.5) is 4.39 Å². The number of hydrogen-bond acceptors (Lipinski definition) is 6. The molecule has 0 aliphatic carbocycles. The fraction of sp³-hybridized carbons (Fsp3) is 0.381. The summed E-state index contributed by atoms with van der Waals surface area (Å²) in [7, 11) is -3.69. The molecule has 2 aliphatic rings. The van der Waals surface area contributed by atoms with E-state index in [1.165, 1.54) is 22.0 Å². The van der Waals surface area contributed by atoms with Gasteiger partial charge in [0.05, 0.1) is 15.4 Å². The number of benzene rings is 2. The highest BCUT2D eigenvalue weighted by atomic mass is 32.2. The van der Waals surface area contributed by atoms with Crippen LogP contribution in [0.15, 0.2) is 53.4 Å². The van der Waals surface area contributed by atoms with Crippen molar-refractivity contribution in [2.24, 2.45) is 5.92 Å². The topological polar surface area (TPSA) is 63.7 Å². The second kappa shape index (κ2) is 9.30. The van der Waals surface area contributed by atoms with E-state index >= 15 is 0 Å². The van der Waals surface area contributed by atoms with Crippen LogP contribution in [0.3, 0.4) is 0 Å². The Kier molecular flexibility index (Phi) is 6.72. The van der Waals surface area contributed by atoms with Crippen molar-refractivity contribution in [3.05, 3.63) is 59.9 Å². The minimum Gasteiger partial charge on any atom is -0.426 e. The Balaban J connectivity index is 1.32. The molecule has 0 bridgehead atoms. The van der Waals surface area contributed by atoms with Gasteiger partial charge in [0, 0.05) is 24.6 Å². The molecule has 5 nitrogen and oxygen atoms in total. The zero-order chi connectivity index (χ0) is 21.1. The van der Waals surface area contributed by atoms with Crippen LogP contribution in [0.1, 0.15) is 23.0 Å². The van der Waals surface area contributed by atoms with E-state index in [0.29, 0.717) is 23.2 Å². The number of thioether (sulfide) groups is 2. The predicted molar refractivity (Wildman–Crippen MR) is 118 cm³/mol. The molecule has 2 heterocycles. The monoisotopic (exact) mass is 467 g/mol. The highest BCUT2D eigenvalue weighted by molar-refractivity contribution is 8.19. The molecule has 2 aromatic carbocycles. The fourth-order valence-electron chi connectivity index (χ4n) is 3.53. The highest BCUT2D eigenvalue weighted by Crippen LogP contribution is 2.45. The lowest BCUT2D eigenvalue weighted by Gasteiger charge is -2.30. The van der Waals surface area contributed by atoms with Gasteiger partial charge >= 0.3 is 5.97 Å². The fourth-order valence-corrected chi connectivity index (χ4v) is 7.86. The van der Waals surface area contributed by atoms with Gasteiger partial charge in [0.1, 0.15) is 11.6 Å². The molecule has 0 N–H and O–H groups in total. The molecule has 0 aromatic heterocycles. The first-order valence-electron chi connectivity index (χ1n) is 9.74. The van der Waals surface area contributed by atoms with Gasteiger partial charge < -0.3 is 4.74 Å². The molecule has 30 heavy (non-hydrogen) atoms. The van der Waals surface area contributed by atoms with Crippen molar-refractivity contribution in [1.29, 1.82) is 0 Å². The second-order valence-corrected chi connectivity index (χ2v) is 11.9. The third-order valence-corrected chi connectivity index (χ3v) is 10.2. The summed E-state index contributed by atoms with van der Waals surface area (Å²) in [4.78, 5) is 12.6. The standard InChI is InChI=1S/C21H22FNO4S3/c22-17-3-7-19(8-4-17)30(25,26)23-11-9-15(10-12-23)20(24)27-18-5-1-16(2-6-18)21-28-13-14-29-21/h1-8,15,21H,9-14H2. The summed E-state index contributed by atoms with van der Waals surface area (Å²) in [6.07, 6.45) is 0.791. The van der Waals surface area contributed by atoms with E-state index in [9.17, 15) is 17.6 Å². The van der Waals surface area contributed by atoms with Crippen molar-refractivity contribution in [2.45, 2.75) is 22.3 Å². The normalized spacial score (nSPS) is 19.1. The summed E-state index contributed by atoms with van der Waals surface area (Å²) in [6.45, 7) is 0.461. The van der Waals surface area contributed by atoms with Crippen LogP contribution in [0, 0.1) is 11.7 Å². The predicted octanol–water partition coefficient (Wildman–Crippen LogP) is 4.31. The molecule has 0 unspecified atom stereocenters. The van der Waals surface area contributed by atoms with Gasteiger partial charge in [0.25, 0.3) is 0 Å². The number of halogens is 1. The number of esters is 1. The molecular weight excluding hydrogens is 445 g/mol. The molecule has 2 saturated heterocycles. The van der Waals surface area contributed by atoms with Crippen molar-refractivity contribution in [2.75, 3.05) is 24.6 Å². The summed E-state index contributed by atoms with van der Waals surface area (Å²) < 4.78 is 45.8. The molecule has 0 saturated carbocycles. The SMILES string of the molecule is O=C(Oc1ccc(C2SCCS2)cc1)C1CCN(S(=O)(=O)c2ccc(F)cc2)CC1. The quantitative estimate of drug-likeness (QED) is 0.482. The van der Waals surface area contributed by atoms with Crippen LogP contribution in [-0.4, -0.2) is 43.3 Å². The third kappa shape index (κ3) is 4.85. The van der Waals surface area contributed by atoms with Gasteiger partial charge in [-0.3, -0.25) is 4.79 Å². The molecule has 0 amide bonds. The molecule has 160 valence electrons. The first-order valence-corrected chi connectivity index (χ1v) is 13.3. The van der Waals surface area contributed by atoms with Crippen LogP contribution < -0.4 is 4.74 Å². The van der Waals surface area contributed by atoms with Crippen molar-refractivity contribution >= 4 is 39.5 Å². The molecule has 2 fully saturated rings. The van der Waals surface area contributed by atoms with Gasteiger partial charge in [-0.2, -0.15) is 4.31 Å². The zero-order valence-corrected chi connectivity index (χ0v) is 18.6. The summed E-state index contributed by atoms with van der Waals surface area (Å²) in [5, 5.41) is 0. The first-order chi connectivity index (χ1) is 14.4. The Labute approximate surface area is 184 Å². The Bertz CT molecular complexity index is 982. The van der Waals surface area contributed by atoms with Gasteiger partial charge in [-0.1, -0.05) is 12.1 Å². The summed E-state index contributed by atoms with van der Waals surface area (Å²) in [5.74, 6) is 1.67. The third-order valence-electron chi connectivity index (χ3n) is 5.23. The molecule has 4 rings (SSSR count). The van der Waals surface area contributed by atoms with Crippen molar-refractivity contribution in [3.8, 4) is 5.75 Å². The summed E-state index contributed by atoms with van der Waals surface area (Å²) in [6, 6.07) is 12.4. The van der Waals surface area contributed by atoms with Crippen LogP contribution in [0.5, 0.6) is 5.75 Å². The minimum atomic E-state index is -3.69. The number of piperidine rings is 1. The lowest BCUT2D eigenvalue weighted by atomic mass is 9.98. The Morgan fingerprint density at radius 2 is 1.57 bits per heavy atom. The van der Waals surface area contributed by atoms with E-state index in [-0.39, 0.29) is 29.9 Å². The number of carbonyl (C=O) groups is 1. The Hall–Kier alpha value is -1.55. The second-order valence-electron chi connectivity index (χ2n) is 7.20. The molecule has 2 aliphatic heterocycles. The van der Waals surface area contributed by atoms with Gasteiger partial charge in [0.2, 0.25) is 10.0 Å². The first kappa shape index (κ1) is 21.7. The zero-order valence-electron chi connectivity index (χ0n) is 16.2. The number of rotatable bonds is 5. The van der Waals surface area contributed by atoms with Gasteiger partial charge in [-0.15, -0.1) is 23.5 Å². The number of carbonyl (C=O) groups excluding carboxylic acids is 1. The van der Waals surface area contributed by atoms with Crippen LogP contribution in [0.25, 0.3) is 0 Å². The maximum atomic E-state index is 13.1. The molecule has 9 heteroatoms. The number of ether oxygens (including phenoxy) is 1. The van der Waals surface area contributed by atoms with E-state index in [0.717, 1.165) is 23.6 Å². The molecule has 0 atom stereocenters.